The third-order valence-electron chi connectivity index (χ3n) is 1.30. The molecule has 1 aromatic rings. The molecule has 0 spiro atoms. The van der Waals surface area contributed by atoms with Crippen LogP contribution in [0.25, 0.3) is 0 Å². The predicted octanol–water partition coefficient (Wildman–Crippen LogP) is 3.41. The van der Waals surface area contributed by atoms with Gasteiger partial charge in [-0.2, -0.15) is 0 Å². The molecule has 0 radical (unpaired) electrons. The lowest BCUT2D eigenvalue weighted by atomic mass is 10.00. The molecule has 0 fully saturated rings. The van der Waals surface area contributed by atoms with E-state index in [9.17, 15) is 4.79 Å². The number of carbonyl (C=O) groups is 1. The molecule has 0 saturated carbocycles. The second-order valence-electron chi connectivity index (χ2n) is 3.57. The minimum atomic E-state index is -0.241. The number of carbonyl (C=O) groups excluding carboxylic acids is 1. The Labute approximate surface area is 81.2 Å². The van der Waals surface area contributed by atoms with E-state index >= 15 is 0 Å². The van der Waals surface area contributed by atoms with Gasteiger partial charge in [-0.15, -0.1) is 11.3 Å². The van der Waals surface area contributed by atoms with Crippen LogP contribution in [0.2, 0.25) is 0 Å². The number of rotatable bonds is 1. The largest absolute Gasteiger partial charge is 0.286 e. The highest BCUT2D eigenvalue weighted by Gasteiger charge is 2.22. The second kappa shape index (κ2) is 3.62. The molecule has 1 aromatic heterocycles. The Bertz CT molecular complexity index is 257. The van der Waals surface area contributed by atoms with E-state index in [-0.39, 0.29) is 10.5 Å². The highest BCUT2D eigenvalue weighted by molar-refractivity contribution is 8.15. The van der Waals surface area contributed by atoms with Crippen molar-refractivity contribution in [1.82, 2.24) is 0 Å². The van der Waals surface area contributed by atoms with E-state index in [4.69, 9.17) is 0 Å². The molecule has 0 N–H and O–H groups in total. The van der Waals surface area contributed by atoms with Crippen LogP contribution in [0.1, 0.15) is 20.8 Å². The highest BCUT2D eigenvalue weighted by atomic mass is 32.2. The number of hydrogen-bond acceptors (Lipinski definition) is 3. The maximum Gasteiger partial charge on any atom is 0.199 e. The number of thioether (sulfide) groups is 1. The van der Waals surface area contributed by atoms with Crippen LogP contribution < -0.4 is 0 Å². The first-order valence-electron chi connectivity index (χ1n) is 3.76. The molecule has 0 aliphatic rings. The van der Waals surface area contributed by atoms with Gasteiger partial charge in [-0.3, -0.25) is 4.79 Å². The smallest absolute Gasteiger partial charge is 0.199 e. The van der Waals surface area contributed by atoms with Crippen molar-refractivity contribution in [3.63, 3.8) is 0 Å². The monoisotopic (exact) mass is 200 g/mol. The van der Waals surface area contributed by atoms with Crippen molar-refractivity contribution >= 4 is 28.2 Å². The van der Waals surface area contributed by atoms with Crippen molar-refractivity contribution in [3.05, 3.63) is 17.5 Å². The van der Waals surface area contributed by atoms with E-state index in [1.54, 1.807) is 11.3 Å². The van der Waals surface area contributed by atoms with Crippen molar-refractivity contribution in [3.8, 4) is 0 Å². The summed E-state index contributed by atoms with van der Waals surface area (Å²) in [5.74, 6) is 0. The van der Waals surface area contributed by atoms with Crippen LogP contribution in [0, 0.1) is 5.41 Å². The quantitative estimate of drug-likeness (QED) is 0.646. The number of hydrogen-bond donors (Lipinski definition) is 0. The first-order valence-corrected chi connectivity index (χ1v) is 5.45. The summed E-state index contributed by atoms with van der Waals surface area (Å²) in [7, 11) is 0. The van der Waals surface area contributed by atoms with Gasteiger partial charge in [-0.05, 0) is 23.2 Å². The zero-order valence-corrected chi connectivity index (χ0v) is 9.09. The first-order chi connectivity index (χ1) is 5.50. The summed E-state index contributed by atoms with van der Waals surface area (Å²) >= 11 is 2.95. The van der Waals surface area contributed by atoms with Crippen molar-refractivity contribution in [1.29, 1.82) is 0 Å². The molecular weight excluding hydrogens is 188 g/mol. The third-order valence-corrected chi connectivity index (χ3v) is 3.64. The molecule has 0 bridgehead atoms. The SMILES string of the molecule is CC(C)(C)C(=O)Sc1cccs1. The fourth-order valence-electron chi connectivity index (χ4n) is 0.566. The van der Waals surface area contributed by atoms with E-state index in [0.717, 1.165) is 4.21 Å². The van der Waals surface area contributed by atoms with Crippen molar-refractivity contribution in [2.45, 2.75) is 25.0 Å². The zero-order chi connectivity index (χ0) is 9.19. The second-order valence-corrected chi connectivity index (χ2v) is 5.79. The Morgan fingerprint density at radius 3 is 2.58 bits per heavy atom. The van der Waals surface area contributed by atoms with E-state index in [1.807, 2.05) is 38.3 Å². The Balaban J connectivity index is 2.60. The van der Waals surface area contributed by atoms with E-state index < -0.39 is 0 Å². The van der Waals surface area contributed by atoms with Gasteiger partial charge in [-0.1, -0.05) is 26.8 Å². The minimum absolute atomic E-state index is 0.227. The van der Waals surface area contributed by atoms with Crippen molar-refractivity contribution in [2.75, 3.05) is 0 Å². The lowest BCUT2D eigenvalue weighted by Gasteiger charge is -2.14. The van der Waals surface area contributed by atoms with Gasteiger partial charge in [0, 0.05) is 5.41 Å². The summed E-state index contributed by atoms with van der Waals surface area (Å²) in [6.45, 7) is 5.82. The maximum absolute atomic E-state index is 11.5. The lowest BCUT2D eigenvalue weighted by molar-refractivity contribution is -0.117. The third kappa shape index (κ3) is 2.64. The molecule has 0 saturated heterocycles. The van der Waals surface area contributed by atoms with E-state index in [0.29, 0.717) is 0 Å². The number of thiophene rings is 1. The van der Waals surface area contributed by atoms with Crippen LogP contribution >= 0.6 is 23.1 Å². The average Bonchev–Trinajstić information content (AvgIpc) is 2.37. The summed E-state index contributed by atoms with van der Waals surface area (Å²) in [6, 6.07) is 3.93. The van der Waals surface area contributed by atoms with Gasteiger partial charge in [0.25, 0.3) is 0 Å². The van der Waals surface area contributed by atoms with Gasteiger partial charge >= 0.3 is 0 Å². The van der Waals surface area contributed by atoms with Gasteiger partial charge in [0.15, 0.2) is 5.12 Å². The molecule has 0 aromatic carbocycles. The highest BCUT2D eigenvalue weighted by Crippen LogP contribution is 2.31. The molecule has 0 atom stereocenters. The van der Waals surface area contributed by atoms with Crippen molar-refractivity contribution < 1.29 is 4.79 Å². The van der Waals surface area contributed by atoms with Crippen molar-refractivity contribution in [2.24, 2.45) is 5.41 Å². The Kier molecular flexibility index (Phi) is 2.96. The molecule has 0 unspecified atom stereocenters. The van der Waals surface area contributed by atoms with Crippen LogP contribution in [0.3, 0.4) is 0 Å². The lowest BCUT2D eigenvalue weighted by Crippen LogP contribution is -2.15. The first kappa shape index (κ1) is 9.81. The summed E-state index contributed by atoms with van der Waals surface area (Å²) in [6.07, 6.45) is 0. The molecule has 0 amide bonds. The summed E-state index contributed by atoms with van der Waals surface area (Å²) in [5, 5.41) is 2.21. The Morgan fingerprint density at radius 2 is 2.17 bits per heavy atom. The van der Waals surface area contributed by atoms with Crippen LogP contribution in [0.4, 0.5) is 0 Å². The molecule has 1 nitrogen and oxygen atoms in total. The van der Waals surface area contributed by atoms with Crippen LogP contribution in [-0.2, 0) is 4.79 Å². The Hall–Kier alpha value is -0.280. The molecular formula is C9H12OS2. The maximum atomic E-state index is 11.5. The predicted molar refractivity (Wildman–Crippen MR) is 54.6 cm³/mol. The summed E-state index contributed by atoms with van der Waals surface area (Å²) < 4.78 is 1.08. The van der Waals surface area contributed by atoms with Gasteiger partial charge in [0.1, 0.15) is 0 Å². The summed E-state index contributed by atoms with van der Waals surface area (Å²) in [4.78, 5) is 11.5. The topological polar surface area (TPSA) is 17.1 Å². The molecule has 1 heterocycles. The molecule has 0 aliphatic carbocycles. The molecule has 0 aliphatic heterocycles. The van der Waals surface area contributed by atoms with Crippen LogP contribution in [0.5, 0.6) is 0 Å². The van der Waals surface area contributed by atoms with Gasteiger partial charge in [0.2, 0.25) is 0 Å². The minimum Gasteiger partial charge on any atom is -0.286 e. The zero-order valence-electron chi connectivity index (χ0n) is 7.46. The van der Waals surface area contributed by atoms with Gasteiger partial charge < -0.3 is 0 Å². The fraction of sp³-hybridized carbons (Fsp3) is 0.444. The van der Waals surface area contributed by atoms with E-state index in [2.05, 4.69) is 0 Å². The average molecular weight is 200 g/mol. The summed E-state index contributed by atoms with van der Waals surface area (Å²) in [5.41, 5.74) is -0.241. The van der Waals surface area contributed by atoms with Gasteiger partial charge in [-0.25, -0.2) is 0 Å². The van der Waals surface area contributed by atoms with Crippen LogP contribution in [-0.4, -0.2) is 5.12 Å². The normalized spacial score (nSPS) is 11.6. The van der Waals surface area contributed by atoms with Gasteiger partial charge in [0.05, 0.1) is 4.21 Å². The molecule has 3 heteroatoms. The molecule has 12 heavy (non-hydrogen) atoms. The standard InChI is InChI=1S/C9H12OS2/c1-9(2,3)8(10)12-7-5-4-6-11-7/h4-6H,1-3H3. The Morgan fingerprint density at radius 1 is 1.50 bits per heavy atom. The van der Waals surface area contributed by atoms with Crippen LogP contribution in [0.15, 0.2) is 21.7 Å². The fourth-order valence-corrected chi connectivity index (χ4v) is 2.24. The van der Waals surface area contributed by atoms with E-state index in [1.165, 1.54) is 11.8 Å². The molecule has 66 valence electrons. The molecule has 1 rings (SSSR count).